The lowest BCUT2D eigenvalue weighted by atomic mass is 10.1. The summed E-state index contributed by atoms with van der Waals surface area (Å²) in [5.74, 6) is 1.43. The molecule has 2 atom stereocenters. The summed E-state index contributed by atoms with van der Waals surface area (Å²) < 4.78 is 0. The monoisotopic (exact) mass is 251 g/mol. The molecule has 2 rings (SSSR count). The second-order valence-electron chi connectivity index (χ2n) is 4.47. The summed E-state index contributed by atoms with van der Waals surface area (Å²) in [6.07, 6.45) is 0.173. The Kier molecular flexibility index (Phi) is 3.74. The van der Waals surface area contributed by atoms with E-state index in [9.17, 15) is 9.90 Å². The highest BCUT2D eigenvalue weighted by molar-refractivity contribution is 7.99. The second kappa shape index (κ2) is 5.10. The van der Waals surface area contributed by atoms with E-state index in [1.807, 2.05) is 18.2 Å². The molecule has 1 amide bonds. The van der Waals surface area contributed by atoms with Crippen molar-refractivity contribution in [1.29, 1.82) is 0 Å². The fourth-order valence-corrected chi connectivity index (χ4v) is 2.75. The van der Waals surface area contributed by atoms with Crippen LogP contribution in [0.2, 0.25) is 0 Å². The average molecular weight is 251 g/mol. The summed E-state index contributed by atoms with van der Waals surface area (Å²) in [5.41, 5.74) is 1.43. The molecule has 0 saturated heterocycles. The van der Waals surface area contributed by atoms with Crippen molar-refractivity contribution in [2.24, 2.45) is 5.92 Å². The van der Waals surface area contributed by atoms with Crippen LogP contribution in [0.4, 0.5) is 5.69 Å². The minimum atomic E-state index is -1.00. The van der Waals surface area contributed by atoms with Crippen molar-refractivity contribution in [3.63, 3.8) is 0 Å². The summed E-state index contributed by atoms with van der Waals surface area (Å²) >= 11 is 1.79. The largest absolute Gasteiger partial charge is 0.378 e. The molecule has 0 spiro atoms. The highest BCUT2D eigenvalue weighted by atomic mass is 32.2. The number of anilines is 1. The molecule has 0 saturated carbocycles. The third-order valence-corrected chi connectivity index (χ3v) is 4.38. The minimum absolute atomic E-state index is 0.330. The first kappa shape index (κ1) is 12.5. The molecule has 4 heteroatoms. The standard InChI is InChI=1S/C13H17NO2S/c1-3-8(2)7-17-9-4-5-10-11(6-9)14-13(16)12(10)15/h4-6,8,12,15H,3,7H2,1-2H3,(H,14,16). The molecule has 2 N–H and O–H groups in total. The third kappa shape index (κ3) is 2.64. The fraction of sp³-hybridized carbons (Fsp3) is 0.462. The van der Waals surface area contributed by atoms with Gasteiger partial charge in [-0.05, 0) is 18.1 Å². The van der Waals surface area contributed by atoms with Crippen molar-refractivity contribution in [3.05, 3.63) is 23.8 Å². The molecular weight excluding hydrogens is 234 g/mol. The average Bonchev–Trinajstić information content (AvgIpc) is 2.62. The lowest BCUT2D eigenvalue weighted by Gasteiger charge is -2.08. The molecule has 0 radical (unpaired) electrons. The number of aliphatic hydroxyl groups excluding tert-OH is 1. The summed E-state index contributed by atoms with van der Waals surface area (Å²) in [6, 6.07) is 5.74. The molecule has 2 unspecified atom stereocenters. The van der Waals surface area contributed by atoms with Crippen LogP contribution in [0.25, 0.3) is 0 Å². The van der Waals surface area contributed by atoms with Crippen molar-refractivity contribution in [1.82, 2.24) is 0 Å². The number of rotatable bonds is 4. The van der Waals surface area contributed by atoms with Gasteiger partial charge < -0.3 is 10.4 Å². The van der Waals surface area contributed by atoms with E-state index in [1.54, 1.807) is 11.8 Å². The van der Waals surface area contributed by atoms with Crippen LogP contribution in [0.15, 0.2) is 23.1 Å². The van der Waals surface area contributed by atoms with Gasteiger partial charge in [-0.2, -0.15) is 0 Å². The van der Waals surface area contributed by atoms with Crippen molar-refractivity contribution >= 4 is 23.4 Å². The Morgan fingerprint density at radius 2 is 2.29 bits per heavy atom. The highest BCUT2D eigenvalue weighted by Gasteiger charge is 2.28. The van der Waals surface area contributed by atoms with Crippen LogP contribution in [-0.4, -0.2) is 16.8 Å². The number of amides is 1. The van der Waals surface area contributed by atoms with E-state index in [0.717, 1.165) is 16.3 Å². The van der Waals surface area contributed by atoms with E-state index in [0.29, 0.717) is 11.5 Å². The Balaban J connectivity index is 2.08. The molecule has 0 aliphatic carbocycles. The van der Waals surface area contributed by atoms with Gasteiger partial charge in [-0.1, -0.05) is 26.3 Å². The molecular formula is C13H17NO2S. The Morgan fingerprint density at radius 3 is 3.00 bits per heavy atom. The van der Waals surface area contributed by atoms with Gasteiger partial charge in [0.2, 0.25) is 0 Å². The Bertz CT molecular complexity index is 433. The maximum Gasteiger partial charge on any atom is 0.257 e. The van der Waals surface area contributed by atoms with Crippen LogP contribution in [0.5, 0.6) is 0 Å². The first-order valence-electron chi connectivity index (χ1n) is 5.87. The maximum atomic E-state index is 11.3. The quantitative estimate of drug-likeness (QED) is 0.809. The van der Waals surface area contributed by atoms with Crippen LogP contribution in [0, 0.1) is 5.92 Å². The van der Waals surface area contributed by atoms with Crippen molar-refractivity contribution in [3.8, 4) is 0 Å². The molecule has 0 bridgehead atoms. The van der Waals surface area contributed by atoms with Crippen LogP contribution in [0.3, 0.4) is 0 Å². The molecule has 1 heterocycles. The zero-order chi connectivity index (χ0) is 12.4. The Hall–Kier alpha value is -1.00. The van der Waals surface area contributed by atoms with Crippen LogP contribution in [-0.2, 0) is 4.79 Å². The Morgan fingerprint density at radius 1 is 1.53 bits per heavy atom. The van der Waals surface area contributed by atoms with Crippen LogP contribution >= 0.6 is 11.8 Å². The molecule has 1 aliphatic heterocycles. The van der Waals surface area contributed by atoms with Crippen LogP contribution in [0.1, 0.15) is 31.9 Å². The molecule has 17 heavy (non-hydrogen) atoms. The van der Waals surface area contributed by atoms with E-state index >= 15 is 0 Å². The summed E-state index contributed by atoms with van der Waals surface area (Å²) in [4.78, 5) is 12.4. The first-order chi connectivity index (χ1) is 8.11. The topological polar surface area (TPSA) is 49.3 Å². The number of carbonyl (C=O) groups excluding carboxylic acids is 1. The van der Waals surface area contributed by atoms with Gasteiger partial charge in [0.05, 0.1) is 0 Å². The predicted molar refractivity (Wildman–Crippen MR) is 70.2 cm³/mol. The number of benzene rings is 1. The van der Waals surface area contributed by atoms with Gasteiger partial charge in [0, 0.05) is 21.9 Å². The second-order valence-corrected chi connectivity index (χ2v) is 5.56. The summed E-state index contributed by atoms with van der Waals surface area (Å²) in [7, 11) is 0. The predicted octanol–water partition coefficient (Wildman–Crippen LogP) is 2.81. The first-order valence-corrected chi connectivity index (χ1v) is 6.86. The van der Waals surface area contributed by atoms with Crippen molar-refractivity contribution in [2.75, 3.05) is 11.1 Å². The van der Waals surface area contributed by atoms with Gasteiger partial charge in [0.15, 0.2) is 6.10 Å². The summed E-state index contributed by atoms with van der Waals surface area (Å²) in [6.45, 7) is 4.41. The molecule has 92 valence electrons. The molecule has 0 aromatic heterocycles. The van der Waals surface area contributed by atoms with E-state index in [-0.39, 0.29) is 5.91 Å². The van der Waals surface area contributed by atoms with Crippen molar-refractivity contribution in [2.45, 2.75) is 31.3 Å². The van der Waals surface area contributed by atoms with Gasteiger partial charge in [-0.15, -0.1) is 11.8 Å². The lowest BCUT2D eigenvalue weighted by molar-refractivity contribution is -0.123. The third-order valence-electron chi connectivity index (χ3n) is 3.06. The zero-order valence-electron chi connectivity index (χ0n) is 10.1. The molecule has 1 aromatic carbocycles. The van der Waals surface area contributed by atoms with Gasteiger partial charge in [-0.25, -0.2) is 0 Å². The summed E-state index contributed by atoms with van der Waals surface area (Å²) in [5, 5.41) is 12.3. The number of hydrogen-bond acceptors (Lipinski definition) is 3. The zero-order valence-corrected chi connectivity index (χ0v) is 10.9. The van der Waals surface area contributed by atoms with Gasteiger partial charge in [-0.3, -0.25) is 4.79 Å². The number of fused-ring (bicyclic) bond motifs is 1. The normalized spacial score (nSPS) is 19.9. The van der Waals surface area contributed by atoms with Gasteiger partial charge in [0.1, 0.15) is 0 Å². The van der Waals surface area contributed by atoms with E-state index in [2.05, 4.69) is 19.2 Å². The maximum absolute atomic E-state index is 11.3. The number of carbonyl (C=O) groups is 1. The number of aliphatic hydroxyl groups is 1. The van der Waals surface area contributed by atoms with Crippen LogP contribution < -0.4 is 5.32 Å². The molecule has 0 fully saturated rings. The fourth-order valence-electron chi connectivity index (χ4n) is 1.67. The molecule has 3 nitrogen and oxygen atoms in total. The van der Waals surface area contributed by atoms with Gasteiger partial charge >= 0.3 is 0 Å². The van der Waals surface area contributed by atoms with E-state index in [4.69, 9.17) is 0 Å². The van der Waals surface area contributed by atoms with E-state index in [1.165, 1.54) is 6.42 Å². The number of thioether (sulfide) groups is 1. The number of nitrogens with one attached hydrogen (secondary N) is 1. The highest BCUT2D eigenvalue weighted by Crippen LogP contribution is 2.34. The smallest absolute Gasteiger partial charge is 0.257 e. The van der Waals surface area contributed by atoms with Crippen molar-refractivity contribution < 1.29 is 9.90 Å². The van der Waals surface area contributed by atoms with Gasteiger partial charge in [0.25, 0.3) is 5.91 Å². The minimum Gasteiger partial charge on any atom is -0.378 e. The molecule has 1 aliphatic rings. The van der Waals surface area contributed by atoms with E-state index < -0.39 is 6.10 Å². The molecule has 1 aromatic rings. The SMILES string of the molecule is CCC(C)CSc1ccc2c(c1)NC(=O)C2O. The number of hydrogen-bond donors (Lipinski definition) is 2. The Labute approximate surface area is 106 Å². The lowest BCUT2D eigenvalue weighted by Crippen LogP contribution is -2.10.